The van der Waals surface area contributed by atoms with Gasteiger partial charge in [-0.15, -0.1) is 0 Å². The minimum atomic E-state index is -4.21. The molecule has 0 aromatic heterocycles. The molecule has 194 valence electrons. The summed E-state index contributed by atoms with van der Waals surface area (Å²) < 4.78 is 43.5. The molecule has 37 heavy (non-hydrogen) atoms. The molecule has 1 amide bonds. The Bertz CT molecular complexity index is 1410. The molecule has 0 fully saturated rings. The van der Waals surface area contributed by atoms with Crippen molar-refractivity contribution in [2.45, 2.75) is 4.90 Å². The number of nitrogens with one attached hydrogen (secondary N) is 1. The van der Waals surface area contributed by atoms with Crippen LogP contribution < -0.4 is 23.9 Å². The summed E-state index contributed by atoms with van der Waals surface area (Å²) in [5.74, 6) is -0.158. The number of methoxy groups -OCH3 is 3. The van der Waals surface area contributed by atoms with Crippen LogP contribution in [0.3, 0.4) is 0 Å². The first kappa shape index (κ1) is 26.9. The van der Waals surface area contributed by atoms with Crippen LogP contribution >= 0.6 is 0 Å². The minimum absolute atomic E-state index is 0.0401. The highest BCUT2D eigenvalue weighted by Crippen LogP contribution is 2.35. The van der Waals surface area contributed by atoms with Crippen LogP contribution in [-0.2, 0) is 14.8 Å². The predicted molar refractivity (Wildman–Crippen MR) is 136 cm³/mol. The van der Waals surface area contributed by atoms with Crippen LogP contribution in [0.5, 0.6) is 17.2 Å². The fourth-order valence-electron chi connectivity index (χ4n) is 3.29. The second-order valence-corrected chi connectivity index (χ2v) is 9.21. The summed E-state index contributed by atoms with van der Waals surface area (Å²) in [5, 5.41) is 15.0. The molecular formula is C24H24N4O8S. The predicted octanol–water partition coefficient (Wildman–Crippen LogP) is 2.97. The summed E-state index contributed by atoms with van der Waals surface area (Å²) in [7, 11) is -0.107. The van der Waals surface area contributed by atoms with Crippen molar-refractivity contribution >= 4 is 33.5 Å². The number of rotatable bonds is 11. The molecule has 13 heteroatoms. The zero-order valence-electron chi connectivity index (χ0n) is 20.2. The summed E-state index contributed by atoms with van der Waals surface area (Å²) >= 11 is 0. The first-order valence-corrected chi connectivity index (χ1v) is 12.1. The molecule has 0 radical (unpaired) electrons. The molecule has 0 aliphatic rings. The first-order chi connectivity index (χ1) is 17.7. The van der Waals surface area contributed by atoms with Gasteiger partial charge < -0.3 is 14.2 Å². The van der Waals surface area contributed by atoms with Crippen molar-refractivity contribution in [3.05, 3.63) is 82.4 Å². The van der Waals surface area contributed by atoms with Gasteiger partial charge in [0.15, 0.2) is 5.75 Å². The number of carbonyl (C=O) groups excluding carboxylic acids is 1. The lowest BCUT2D eigenvalue weighted by Crippen LogP contribution is -2.39. The monoisotopic (exact) mass is 528 g/mol. The number of anilines is 1. The average molecular weight is 529 g/mol. The van der Waals surface area contributed by atoms with E-state index in [1.54, 1.807) is 24.3 Å². The van der Waals surface area contributed by atoms with E-state index in [0.717, 1.165) is 4.31 Å². The second-order valence-electron chi connectivity index (χ2n) is 7.34. The van der Waals surface area contributed by atoms with E-state index in [0.29, 0.717) is 11.3 Å². The van der Waals surface area contributed by atoms with E-state index in [1.165, 1.54) is 70.0 Å². The summed E-state index contributed by atoms with van der Waals surface area (Å²) in [6, 6.07) is 16.3. The van der Waals surface area contributed by atoms with Gasteiger partial charge in [0.05, 0.1) is 43.1 Å². The van der Waals surface area contributed by atoms with Crippen molar-refractivity contribution in [1.82, 2.24) is 5.43 Å². The van der Waals surface area contributed by atoms with Crippen molar-refractivity contribution in [3.63, 3.8) is 0 Å². The van der Waals surface area contributed by atoms with E-state index in [-0.39, 0.29) is 27.8 Å². The Morgan fingerprint density at radius 3 is 2.30 bits per heavy atom. The molecule has 1 N–H and O–H groups in total. The highest BCUT2D eigenvalue weighted by Gasteiger charge is 2.30. The molecule has 0 spiro atoms. The van der Waals surface area contributed by atoms with Gasteiger partial charge in [-0.3, -0.25) is 19.2 Å². The molecule has 0 saturated carbocycles. The summed E-state index contributed by atoms with van der Waals surface area (Å²) in [4.78, 5) is 23.4. The average Bonchev–Trinajstić information content (AvgIpc) is 2.91. The minimum Gasteiger partial charge on any atom is -0.497 e. The van der Waals surface area contributed by atoms with Gasteiger partial charge in [-0.25, -0.2) is 13.8 Å². The topological polar surface area (TPSA) is 150 Å². The fourth-order valence-corrected chi connectivity index (χ4v) is 4.73. The highest BCUT2D eigenvalue weighted by molar-refractivity contribution is 7.92. The number of hydrazone groups is 1. The Balaban J connectivity index is 1.91. The van der Waals surface area contributed by atoms with Gasteiger partial charge in [0, 0.05) is 17.7 Å². The van der Waals surface area contributed by atoms with Crippen molar-refractivity contribution in [1.29, 1.82) is 0 Å². The number of sulfonamides is 1. The van der Waals surface area contributed by atoms with Gasteiger partial charge in [0.2, 0.25) is 0 Å². The largest absolute Gasteiger partial charge is 0.497 e. The van der Waals surface area contributed by atoms with E-state index in [9.17, 15) is 23.3 Å². The lowest BCUT2D eigenvalue weighted by molar-refractivity contribution is -0.385. The Morgan fingerprint density at radius 2 is 1.68 bits per heavy atom. The summed E-state index contributed by atoms with van der Waals surface area (Å²) in [5.41, 5.74) is 2.37. The van der Waals surface area contributed by atoms with Crippen molar-refractivity contribution < 1.29 is 32.3 Å². The number of nitro benzene ring substituents is 1. The van der Waals surface area contributed by atoms with Gasteiger partial charge in [-0.2, -0.15) is 5.10 Å². The standard InChI is InChI=1S/C24H24N4O8S/c1-34-18-10-12-22(35-2)20(14-18)27(37(32,33)19-7-5-4-6-8-19)16-24(29)26-25-15-17-9-11-23(36-3)21(13-17)28(30)31/h4-15H,16H2,1-3H3,(H,26,29)/b25-15-. The molecule has 0 heterocycles. The second kappa shape index (κ2) is 11.9. The Morgan fingerprint density at radius 1 is 1.00 bits per heavy atom. The molecule has 0 aliphatic carbocycles. The van der Waals surface area contributed by atoms with Crippen LogP contribution in [0, 0.1) is 10.1 Å². The van der Waals surface area contributed by atoms with E-state index in [1.807, 2.05) is 0 Å². The van der Waals surface area contributed by atoms with Crippen LogP contribution in [0.4, 0.5) is 11.4 Å². The third kappa shape index (κ3) is 6.32. The Kier molecular flexibility index (Phi) is 8.64. The molecule has 0 aliphatic heterocycles. The van der Waals surface area contributed by atoms with Gasteiger partial charge >= 0.3 is 5.69 Å². The maximum absolute atomic E-state index is 13.5. The van der Waals surface area contributed by atoms with Crippen molar-refractivity contribution in [2.75, 3.05) is 32.2 Å². The fraction of sp³-hybridized carbons (Fsp3) is 0.167. The number of ether oxygens (including phenoxy) is 3. The zero-order chi connectivity index (χ0) is 27.0. The van der Waals surface area contributed by atoms with Crippen LogP contribution in [-0.4, -0.2) is 53.3 Å². The number of carbonyl (C=O) groups is 1. The van der Waals surface area contributed by atoms with Gasteiger partial charge in [0.1, 0.15) is 18.0 Å². The molecule has 0 bridgehead atoms. The lowest BCUT2D eigenvalue weighted by Gasteiger charge is -2.25. The Hall–Kier alpha value is -4.65. The quantitative estimate of drug-likeness (QED) is 0.227. The number of hydrogen-bond acceptors (Lipinski definition) is 9. The maximum atomic E-state index is 13.5. The van der Waals surface area contributed by atoms with E-state index >= 15 is 0 Å². The third-order valence-electron chi connectivity index (χ3n) is 5.08. The molecule has 3 aromatic carbocycles. The van der Waals surface area contributed by atoms with E-state index < -0.39 is 27.4 Å². The van der Waals surface area contributed by atoms with Crippen LogP contribution in [0.1, 0.15) is 5.56 Å². The zero-order valence-corrected chi connectivity index (χ0v) is 21.0. The molecule has 3 aromatic rings. The summed E-state index contributed by atoms with van der Waals surface area (Å²) in [6.07, 6.45) is 1.19. The summed E-state index contributed by atoms with van der Waals surface area (Å²) in [6.45, 7) is -0.652. The number of benzene rings is 3. The molecule has 0 saturated heterocycles. The maximum Gasteiger partial charge on any atom is 0.311 e. The van der Waals surface area contributed by atoms with E-state index in [2.05, 4.69) is 10.5 Å². The number of nitro groups is 1. The molecule has 0 unspecified atom stereocenters. The lowest BCUT2D eigenvalue weighted by atomic mass is 10.2. The normalized spacial score (nSPS) is 11.1. The van der Waals surface area contributed by atoms with Crippen LogP contribution in [0.15, 0.2) is 76.7 Å². The number of nitrogens with zero attached hydrogens (tertiary/aromatic N) is 3. The smallest absolute Gasteiger partial charge is 0.311 e. The van der Waals surface area contributed by atoms with Crippen molar-refractivity contribution in [3.8, 4) is 17.2 Å². The van der Waals surface area contributed by atoms with Crippen molar-refractivity contribution in [2.24, 2.45) is 5.10 Å². The first-order valence-electron chi connectivity index (χ1n) is 10.7. The van der Waals surface area contributed by atoms with Gasteiger partial charge in [-0.1, -0.05) is 18.2 Å². The highest BCUT2D eigenvalue weighted by atomic mass is 32.2. The van der Waals surface area contributed by atoms with E-state index in [4.69, 9.17) is 14.2 Å². The SMILES string of the molecule is COc1ccc(OC)c(N(CC(=O)N/N=C\c2ccc(OC)c([N+](=O)[O-])c2)S(=O)(=O)c2ccccc2)c1. The number of hydrogen-bond donors (Lipinski definition) is 1. The number of amides is 1. The molecule has 3 rings (SSSR count). The molecular weight excluding hydrogens is 504 g/mol. The van der Waals surface area contributed by atoms with Crippen LogP contribution in [0.2, 0.25) is 0 Å². The molecule has 0 atom stereocenters. The molecule has 12 nitrogen and oxygen atoms in total. The third-order valence-corrected chi connectivity index (χ3v) is 6.85. The van der Waals surface area contributed by atoms with Gasteiger partial charge in [-0.05, 0) is 36.4 Å². The van der Waals surface area contributed by atoms with Crippen LogP contribution in [0.25, 0.3) is 0 Å². The van der Waals surface area contributed by atoms with Gasteiger partial charge in [0.25, 0.3) is 15.9 Å². The Labute approximate surface area is 213 Å².